The zero-order chi connectivity index (χ0) is 30.2. The number of carbonyl (C=O) groups is 3. The van der Waals surface area contributed by atoms with Gasteiger partial charge in [0.25, 0.3) is 11.8 Å². The highest BCUT2D eigenvalue weighted by Gasteiger charge is 2.16. The molecular formula is C32H25ClN4O4S2. The van der Waals surface area contributed by atoms with Crippen molar-refractivity contribution in [3.63, 3.8) is 0 Å². The van der Waals surface area contributed by atoms with Crippen LogP contribution in [0.15, 0.2) is 108 Å². The van der Waals surface area contributed by atoms with Crippen molar-refractivity contribution < 1.29 is 19.1 Å². The van der Waals surface area contributed by atoms with E-state index in [0.717, 1.165) is 20.9 Å². The monoisotopic (exact) mass is 628 g/mol. The Labute approximate surface area is 261 Å². The van der Waals surface area contributed by atoms with Gasteiger partial charge in [-0.25, -0.2) is 4.98 Å². The summed E-state index contributed by atoms with van der Waals surface area (Å²) in [5.41, 5.74) is 2.33. The second-order valence-electron chi connectivity index (χ2n) is 9.07. The molecule has 3 amide bonds. The lowest BCUT2D eigenvalue weighted by atomic mass is 10.1. The predicted octanol–water partition coefficient (Wildman–Crippen LogP) is 7.10. The summed E-state index contributed by atoms with van der Waals surface area (Å²) in [6.45, 7) is 0. The van der Waals surface area contributed by atoms with E-state index in [9.17, 15) is 14.4 Å². The van der Waals surface area contributed by atoms with E-state index in [2.05, 4.69) is 20.9 Å². The molecular weight excluding hydrogens is 604 g/mol. The maximum absolute atomic E-state index is 13.3. The standard InChI is InChI=1S/C32H25ClN4O4S2/c1-41-23-13-16-26-28(18-23)43-32(36-26)37-29(38)19-42-24-14-11-22(12-15-24)34-31(40)27(17-21-9-5-6-10-25(21)33)35-30(39)20-7-3-2-4-8-20/h2-18H,19H2,1H3,(H,34,40)(H,35,39)(H,36,37,38)/b27-17-. The number of nitrogens with one attached hydrogen (secondary N) is 3. The molecule has 0 fully saturated rings. The van der Waals surface area contributed by atoms with Crippen LogP contribution < -0.4 is 20.7 Å². The second-order valence-corrected chi connectivity index (χ2v) is 11.6. The molecule has 0 spiro atoms. The van der Waals surface area contributed by atoms with Crippen LogP contribution in [0.5, 0.6) is 5.75 Å². The quantitative estimate of drug-likeness (QED) is 0.112. The van der Waals surface area contributed by atoms with Crippen molar-refractivity contribution in [2.45, 2.75) is 4.90 Å². The van der Waals surface area contributed by atoms with Gasteiger partial charge in [0.05, 0.1) is 23.1 Å². The zero-order valence-electron chi connectivity index (χ0n) is 22.8. The van der Waals surface area contributed by atoms with Crippen LogP contribution in [0, 0.1) is 0 Å². The van der Waals surface area contributed by atoms with Crippen molar-refractivity contribution >= 4 is 79.5 Å². The molecule has 8 nitrogen and oxygen atoms in total. The number of halogens is 1. The molecule has 0 aliphatic heterocycles. The topological polar surface area (TPSA) is 109 Å². The van der Waals surface area contributed by atoms with Crippen molar-refractivity contribution in [2.75, 3.05) is 23.5 Å². The Balaban J connectivity index is 1.21. The SMILES string of the molecule is COc1ccc2nc(NC(=O)CSc3ccc(NC(=O)/C(=C/c4ccccc4Cl)NC(=O)c4ccccc4)cc3)sc2c1. The van der Waals surface area contributed by atoms with Crippen molar-refractivity contribution in [2.24, 2.45) is 0 Å². The van der Waals surface area contributed by atoms with Crippen molar-refractivity contribution in [1.82, 2.24) is 10.3 Å². The van der Waals surface area contributed by atoms with Crippen LogP contribution in [0.2, 0.25) is 5.02 Å². The number of anilines is 2. The highest BCUT2D eigenvalue weighted by atomic mass is 35.5. The molecule has 5 aromatic rings. The fourth-order valence-corrected chi connectivity index (χ4v) is 5.71. The summed E-state index contributed by atoms with van der Waals surface area (Å²) < 4.78 is 6.16. The number of thioether (sulfide) groups is 1. The molecule has 4 aromatic carbocycles. The highest BCUT2D eigenvalue weighted by molar-refractivity contribution is 8.00. The third kappa shape index (κ3) is 8.01. The van der Waals surface area contributed by atoms with Crippen molar-refractivity contribution in [1.29, 1.82) is 0 Å². The van der Waals surface area contributed by atoms with Crippen molar-refractivity contribution in [3.8, 4) is 5.75 Å². The molecule has 216 valence electrons. The summed E-state index contributed by atoms with van der Waals surface area (Å²) in [7, 11) is 1.60. The molecule has 0 aliphatic rings. The Kier molecular flexibility index (Phi) is 9.73. The largest absolute Gasteiger partial charge is 0.497 e. The maximum Gasteiger partial charge on any atom is 0.272 e. The molecule has 0 aliphatic carbocycles. The summed E-state index contributed by atoms with van der Waals surface area (Å²) in [5.74, 6) is -0.214. The van der Waals surface area contributed by atoms with Gasteiger partial charge in [-0.15, -0.1) is 11.8 Å². The number of aromatic nitrogens is 1. The molecule has 0 atom stereocenters. The van der Waals surface area contributed by atoms with Gasteiger partial charge in [0, 0.05) is 21.2 Å². The lowest BCUT2D eigenvalue weighted by molar-refractivity contribution is -0.114. The molecule has 0 bridgehead atoms. The Morgan fingerprint density at radius 1 is 0.930 bits per heavy atom. The van der Waals surface area contributed by atoms with Crippen LogP contribution in [0.4, 0.5) is 10.8 Å². The molecule has 11 heteroatoms. The van der Waals surface area contributed by atoms with E-state index in [1.54, 1.807) is 86.0 Å². The number of amides is 3. The van der Waals surface area contributed by atoms with Gasteiger partial charge in [0.15, 0.2) is 5.13 Å². The van der Waals surface area contributed by atoms with Gasteiger partial charge in [-0.05, 0) is 72.3 Å². The van der Waals surface area contributed by atoms with E-state index in [1.807, 2.05) is 18.2 Å². The van der Waals surface area contributed by atoms with E-state index >= 15 is 0 Å². The number of hydrogen-bond donors (Lipinski definition) is 3. The van der Waals surface area contributed by atoms with E-state index in [0.29, 0.717) is 27.0 Å². The fourth-order valence-electron chi connectivity index (χ4n) is 3.91. The number of carbonyl (C=O) groups excluding carboxylic acids is 3. The van der Waals surface area contributed by atoms with Gasteiger partial charge in [-0.1, -0.05) is 59.3 Å². The number of rotatable bonds is 10. The third-order valence-electron chi connectivity index (χ3n) is 6.06. The minimum absolute atomic E-state index is 0.0327. The number of methoxy groups -OCH3 is 1. The number of fused-ring (bicyclic) bond motifs is 1. The first-order valence-corrected chi connectivity index (χ1v) is 15.2. The number of nitrogens with zero attached hydrogens (tertiary/aromatic N) is 1. The summed E-state index contributed by atoms with van der Waals surface area (Å²) in [4.78, 5) is 43.9. The smallest absolute Gasteiger partial charge is 0.272 e. The van der Waals surface area contributed by atoms with Crippen LogP contribution in [0.25, 0.3) is 16.3 Å². The summed E-state index contributed by atoms with van der Waals surface area (Å²) in [6, 6.07) is 28.3. The lowest BCUT2D eigenvalue weighted by Crippen LogP contribution is -2.30. The normalized spacial score (nSPS) is 11.2. The van der Waals surface area contributed by atoms with Gasteiger partial charge in [-0.3, -0.25) is 14.4 Å². The van der Waals surface area contributed by atoms with Crippen LogP contribution in [0.3, 0.4) is 0 Å². The average Bonchev–Trinajstić information content (AvgIpc) is 3.43. The van der Waals surface area contributed by atoms with Crippen molar-refractivity contribution in [3.05, 3.63) is 119 Å². The third-order valence-corrected chi connectivity index (χ3v) is 8.35. The maximum atomic E-state index is 13.3. The fraction of sp³-hybridized carbons (Fsp3) is 0.0625. The molecule has 43 heavy (non-hydrogen) atoms. The Bertz CT molecular complexity index is 1810. The highest BCUT2D eigenvalue weighted by Crippen LogP contribution is 2.29. The minimum atomic E-state index is -0.516. The molecule has 0 radical (unpaired) electrons. The molecule has 1 heterocycles. The Morgan fingerprint density at radius 3 is 2.42 bits per heavy atom. The van der Waals surface area contributed by atoms with Gasteiger partial charge >= 0.3 is 0 Å². The predicted molar refractivity (Wildman–Crippen MR) is 174 cm³/mol. The van der Waals surface area contributed by atoms with E-state index in [4.69, 9.17) is 16.3 Å². The number of hydrogen-bond acceptors (Lipinski definition) is 7. The van der Waals surface area contributed by atoms with Gasteiger partial charge in [0.1, 0.15) is 11.4 Å². The zero-order valence-corrected chi connectivity index (χ0v) is 25.2. The lowest BCUT2D eigenvalue weighted by Gasteiger charge is -2.12. The molecule has 1 aromatic heterocycles. The number of ether oxygens (including phenoxy) is 1. The summed E-state index contributed by atoms with van der Waals surface area (Å²) >= 11 is 9.04. The number of thiazole rings is 1. The summed E-state index contributed by atoms with van der Waals surface area (Å²) in [6.07, 6.45) is 1.53. The van der Waals surface area contributed by atoms with Gasteiger partial charge in [0.2, 0.25) is 5.91 Å². The van der Waals surface area contributed by atoms with E-state index < -0.39 is 11.8 Å². The van der Waals surface area contributed by atoms with Crippen LogP contribution in [-0.4, -0.2) is 35.6 Å². The first kappa shape index (κ1) is 29.8. The molecule has 0 saturated heterocycles. The van der Waals surface area contributed by atoms with Gasteiger partial charge in [-0.2, -0.15) is 0 Å². The molecule has 3 N–H and O–H groups in total. The van der Waals surface area contributed by atoms with Crippen LogP contribution >= 0.6 is 34.7 Å². The van der Waals surface area contributed by atoms with E-state index in [-0.39, 0.29) is 17.4 Å². The van der Waals surface area contributed by atoms with Crippen LogP contribution in [0.1, 0.15) is 15.9 Å². The van der Waals surface area contributed by atoms with Crippen LogP contribution in [-0.2, 0) is 9.59 Å². The minimum Gasteiger partial charge on any atom is -0.497 e. The molecule has 0 saturated carbocycles. The first-order valence-electron chi connectivity index (χ1n) is 13.0. The van der Waals surface area contributed by atoms with E-state index in [1.165, 1.54) is 29.2 Å². The Hall–Kier alpha value is -4.64. The second kappa shape index (κ2) is 14.0. The molecule has 5 rings (SSSR count). The first-order chi connectivity index (χ1) is 20.9. The number of benzene rings is 4. The van der Waals surface area contributed by atoms with Gasteiger partial charge < -0.3 is 20.7 Å². The molecule has 0 unspecified atom stereocenters. The summed E-state index contributed by atoms with van der Waals surface area (Å²) in [5, 5.41) is 9.31. The Morgan fingerprint density at radius 2 is 1.67 bits per heavy atom. The average molecular weight is 629 g/mol.